The van der Waals surface area contributed by atoms with E-state index >= 15 is 0 Å². The predicted octanol–water partition coefficient (Wildman–Crippen LogP) is 3.02. The number of thiophene rings is 1. The largest absolute Gasteiger partial charge is 0.492 e. The number of pyridine rings is 1. The molecule has 0 bridgehead atoms. The summed E-state index contributed by atoms with van der Waals surface area (Å²) in [5.41, 5.74) is 0.794. The summed E-state index contributed by atoms with van der Waals surface area (Å²) in [7, 11) is 0. The summed E-state index contributed by atoms with van der Waals surface area (Å²) in [5.74, 6) is 0.754. The summed E-state index contributed by atoms with van der Waals surface area (Å²) in [6.07, 6.45) is 2.57. The van der Waals surface area contributed by atoms with Crippen molar-refractivity contribution in [2.24, 2.45) is 0 Å². The maximum absolute atomic E-state index is 10.6. The second-order valence-corrected chi connectivity index (χ2v) is 4.22. The second kappa shape index (κ2) is 4.90. The Labute approximate surface area is 97.7 Å². The molecule has 0 aromatic carbocycles. The Morgan fingerprint density at radius 2 is 2.31 bits per heavy atom. The Balaban J connectivity index is 2.42. The lowest BCUT2D eigenvalue weighted by Gasteiger charge is -2.06. The molecule has 0 amide bonds. The highest BCUT2D eigenvalue weighted by atomic mass is 32.1. The molecule has 0 fully saturated rings. The number of nitrogens with zero attached hydrogens (tertiary/aromatic N) is 1. The van der Waals surface area contributed by atoms with Gasteiger partial charge in [0.05, 0.1) is 16.4 Å². The molecule has 0 aliphatic heterocycles. The van der Waals surface area contributed by atoms with Crippen LogP contribution in [0.1, 0.15) is 16.6 Å². The van der Waals surface area contributed by atoms with E-state index in [0.29, 0.717) is 11.5 Å². The molecule has 0 unspecified atom stereocenters. The fraction of sp³-hybridized carbons (Fsp3) is 0.167. The molecule has 0 saturated heterocycles. The van der Waals surface area contributed by atoms with Crippen molar-refractivity contribution in [3.63, 3.8) is 0 Å². The standard InChI is InChI=1S/C12H11NO2S/c1-2-15-10-4-3-7-13-12(10)11-6-5-9(8-14)16-11/h3-8H,2H2,1H3. The fourth-order valence-corrected chi connectivity index (χ4v) is 2.22. The van der Waals surface area contributed by atoms with E-state index in [1.165, 1.54) is 11.3 Å². The Bertz CT molecular complexity index is 493. The van der Waals surface area contributed by atoms with Gasteiger partial charge in [0.1, 0.15) is 11.4 Å². The van der Waals surface area contributed by atoms with Gasteiger partial charge in [-0.1, -0.05) is 0 Å². The van der Waals surface area contributed by atoms with Crippen LogP contribution in [0.4, 0.5) is 0 Å². The second-order valence-electron chi connectivity index (χ2n) is 3.10. The zero-order valence-corrected chi connectivity index (χ0v) is 9.66. The first-order valence-electron chi connectivity index (χ1n) is 4.98. The van der Waals surface area contributed by atoms with Crippen LogP contribution in [0.5, 0.6) is 5.75 Å². The zero-order valence-electron chi connectivity index (χ0n) is 8.84. The lowest BCUT2D eigenvalue weighted by molar-refractivity contribution is 0.112. The lowest BCUT2D eigenvalue weighted by atomic mass is 10.3. The average molecular weight is 233 g/mol. The van der Waals surface area contributed by atoms with Gasteiger partial charge in [-0.25, -0.2) is 0 Å². The maximum Gasteiger partial charge on any atom is 0.160 e. The lowest BCUT2D eigenvalue weighted by Crippen LogP contribution is -1.94. The molecule has 0 atom stereocenters. The van der Waals surface area contributed by atoms with Crippen LogP contribution >= 0.6 is 11.3 Å². The van der Waals surface area contributed by atoms with Crippen LogP contribution in [-0.4, -0.2) is 17.9 Å². The van der Waals surface area contributed by atoms with E-state index in [2.05, 4.69) is 4.98 Å². The number of aromatic nitrogens is 1. The highest BCUT2D eigenvalue weighted by Gasteiger charge is 2.09. The van der Waals surface area contributed by atoms with E-state index in [-0.39, 0.29) is 0 Å². The minimum atomic E-state index is 0.602. The summed E-state index contributed by atoms with van der Waals surface area (Å²) >= 11 is 1.42. The third-order valence-corrected chi connectivity index (χ3v) is 3.06. The van der Waals surface area contributed by atoms with E-state index in [9.17, 15) is 4.79 Å². The molecule has 2 heterocycles. The first-order chi connectivity index (χ1) is 7.85. The van der Waals surface area contributed by atoms with E-state index in [4.69, 9.17) is 4.74 Å². The van der Waals surface area contributed by atoms with E-state index in [1.807, 2.05) is 25.1 Å². The topological polar surface area (TPSA) is 39.2 Å². The van der Waals surface area contributed by atoms with Gasteiger partial charge in [-0.2, -0.15) is 0 Å². The van der Waals surface area contributed by atoms with Gasteiger partial charge in [-0.15, -0.1) is 11.3 Å². The molecule has 3 nitrogen and oxygen atoms in total. The van der Waals surface area contributed by atoms with E-state index < -0.39 is 0 Å². The quantitative estimate of drug-likeness (QED) is 0.762. The highest BCUT2D eigenvalue weighted by molar-refractivity contribution is 7.17. The summed E-state index contributed by atoms with van der Waals surface area (Å²) in [6, 6.07) is 7.39. The predicted molar refractivity (Wildman–Crippen MR) is 64.1 cm³/mol. The Morgan fingerprint density at radius 1 is 1.44 bits per heavy atom. The highest BCUT2D eigenvalue weighted by Crippen LogP contribution is 2.32. The van der Waals surface area contributed by atoms with Crippen LogP contribution in [-0.2, 0) is 0 Å². The molecule has 82 valence electrons. The van der Waals surface area contributed by atoms with Gasteiger partial charge in [-0.3, -0.25) is 9.78 Å². The molecule has 0 N–H and O–H groups in total. The van der Waals surface area contributed by atoms with Crippen molar-refractivity contribution in [1.29, 1.82) is 0 Å². The van der Waals surface area contributed by atoms with E-state index in [1.54, 1.807) is 12.3 Å². The Hall–Kier alpha value is -1.68. The first kappa shape index (κ1) is 10.8. The van der Waals surface area contributed by atoms with Crippen LogP contribution in [0.15, 0.2) is 30.5 Å². The van der Waals surface area contributed by atoms with Crippen LogP contribution in [0, 0.1) is 0 Å². The minimum absolute atomic E-state index is 0.602. The monoisotopic (exact) mass is 233 g/mol. The van der Waals surface area contributed by atoms with Crippen molar-refractivity contribution in [2.75, 3.05) is 6.61 Å². The molecule has 2 aromatic rings. The molecule has 0 aliphatic carbocycles. The van der Waals surface area contributed by atoms with Crippen molar-refractivity contribution in [2.45, 2.75) is 6.92 Å². The Morgan fingerprint density at radius 3 is 3.00 bits per heavy atom. The van der Waals surface area contributed by atoms with Crippen molar-refractivity contribution >= 4 is 17.6 Å². The van der Waals surface area contributed by atoms with Gasteiger partial charge in [0, 0.05) is 6.20 Å². The van der Waals surface area contributed by atoms with Gasteiger partial charge in [-0.05, 0) is 31.2 Å². The van der Waals surface area contributed by atoms with Crippen molar-refractivity contribution in [3.8, 4) is 16.3 Å². The average Bonchev–Trinajstić information content (AvgIpc) is 2.79. The third kappa shape index (κ3) is 2.12. The van der Waals surface area contributed by atoms with E-state index in [0.717, 1.165) is 22.6 Å². The summed E-state index contributed by atoms with van der Waals surface area (Å²) in [5, 5.41) is 0. The SMILES string of the molecule is CCOc1cccnc1-c1ccc(C=O)s1. The van der Waals surface area contributed by atoms with Crippen LogP contribution < -0.4 is 4.74 Å². The number of hydrogen-bond acceptors (Lipinski definition) is 4. The number of carbonyl (C=O) groups excluding carboxylic acids is 1. The van der Waals surface area contributed by atoms with Crippen molar-refractivity contribution in [3.05, 3.63) is 35.3 Å². The Kier molecular flexibility index (Phi) is 3.31. The van der Waals surface area contributed by atoms with Crippen LogP contribution in [0.2, 0.25) is 0 Å². The fourth-order valence-electron chi connectivity index (χ4n) is 1.39. The summed E-state index contributed by atoms with van der Waals surface area (Å²) < 4.78 is 5.49. The molecule has 4 heteroatoms. The molecule has 0 saturated carbocycles. The van der Waals surface area contributed by atoms with Crippen molar-refractivity contribution < 1.29 is 9.53 Å². The van der Waals surface area contributed by atoms with Gasteiger partial charge < -0.3 is 4.74 Å². The number of rotatable bonds is 4. The number of carbonyl (C=O) groups is 1. The number of hydrogen-bond donors (Lipinski definition) is 0. The van der Waals surface area contributed by atoms with Gasteiger partial charge in [0.2, 0.25) is 0 Å². The maximum atomic E-state index is 10.6. The molecule has 0 radical (unpaired) electrons. The molecule has 0 spiro atoms. The van der Waals surface area contributed by atoms with Gasteiger partial charge in [0.25, 0.3) is 0 Å². The molecule has 0 aliphatic rings. The summed E-state index contributed by atoms with van der Waals surface area (Å²) in [6.45, 7) is 2.53. The third-order valence-electron chi connectivity index (χ3n) is 2.05. The first-order valence-corrected chi connectivity index (χ1v) is 5.80. The smallest absolute Gasteiger partial charge is 0.160 e. The normalized spacial score (nSPS) is 10.1. The minimum Gasteiger partial charge on any atom is -0.492 e. The molecule has 16 heavy (non-hydrogen) atoms. The summed E-state index contributed by atoms with van der Waals surface area (Å²) in [4.78, 5) is 16.6. The van der Waals surface area contributed by atoms with Gasteiger partial charge in [0.15, 0.2) is 6.29 Å². The van der Waals surface area contributed by atoms with Crippen LogP contribution in [0.25, 0.3) is 10.6 Å². The number of aldehydes is 1. The number of ether oxygens (including phenoxy) is 1. The molecule has 2 aromatic heterocycles. The molecular weight excluding hydrogens is 222 g/mol. The molecular formula is C12H11NO2S. The molecule has 2 rings (SSSR count). The zero-order chi connectivity index (χ0) is 11.4. The van der Waals surface area contributed by atoms with Gasteiger partial charge >= 0.3 is 0 Å². The van der Waals surface area contributed by atoms with Crippen molar-refractivity contribution in [1.82, 2.24) is 4.98 Å². The van der Waals surface area contributed by atoms with Crippen LogP contribution in [0.3, 0.4) is 0 Å².